The first-order chi connectivity index (χ1) is 13.3. The fraction of sp³-hybridized carbons (Fsp3) is 0.211. The van der Waals surface area contributed by atoms with Gasteiger partial charge in [0.1, 0.15) is 5.82 Å². The molecule has 2 aromatic carbocycles. The molecule has 146 valence electrons. The number of β-amino-alcohol motifs (C(OH)–C–C–N with tert-alkyl or cyclic N) is 1. The third-order valence-electron chi connectivity index (χ3n) is 4.75. The highest BCUT2D eigenvalue weighted by atomic mass is 35.5. The first-order valence-electron chi connectivity index (χ1n) is 8.54. The average Bonchev–Trinajstić information content (AvgIpc) is 3.09. The van der Waals surface area contributed by atoms with Gasteiger partial charge in [-0.3, -0.25) is 4.79 Å². The Kier molecular flexibility index (Phi) is 4.75. The summed E-state index contributed by atoms with van der Waals surface area (Å²) in [6.45, 7) is 0.0700. The van der Waals surface area contributed by atoms with Gasteiger partial charge >= 0.3 is 0 Å². The summed E-state index contributed by atoms with van der Waals surface area (Å²) in [5.41, 5.74) is 1.87. The van der Waals surface area contributed by atoms with Crippen molar-refractivity contribution in [3.8, 4) is 0 Å². The van der Waals surface area contributed by atoms with E-state index in [4.69, 9.17) is 11.6 Å². The van der Waals surface area contributed by atoms with E-state index in [1.807, 2.05) is 6.08 Å². The van der Waals surface area contributed by atoms with E-state index in [-0.39, 0.29) is 28.6 Å². The number of hydrogen-bond acceptors (Lipinski definition) is 4. The molecule has 6 nitrogen and oxygen atoms in total. The maximum atomic E-state index is 13.3. The van der Waals surface area contributed by atoms with Crippen molar-refractivity contribution in [2.24, 2.45) is 0 Å². The van der Waals surface area contributed by atoms with E-state index < -0.39 is 27.9 Å². The highest BCUT2D eigenvalue weighted by molar-refractivity contribution is 7.89. The molecule has 0 radical (unpaired) electrons. The Labute approximate surface area is 166 Å². The number of aliphatic hydroxyl groups is 1. The molecular formula is C19H16ClFN2O4S. The van der Waals surface area contributed by atoms with Crippen LogP contribution in [0.4, 0.5) is 10.1 Å². The molecule has 1 aliphatic heterocycles. The van der Waals surface area contributed by atoms with Crippen LogP contribution < -0.4 is 5.32 Å². The first-order valence-corrected chi connectivity index (χ1v) is 10.4. The Hall–Kier alpha value is -2.26. The summed E-state index contributed by atoms with van der Waals surface area (Å²) in [7, 11) is -3.80. The number of benzene rings is 2. The van der Waals surface area contributed by atoms with Crippen LogP contribution in [-0.4, -0.2) is 42.9 Å². The molecule has 9 heteroatoms. The lowest BCUT2D eigenvalue weighted by Crippen LogP contribution is -2.53. The molecule has 1 amide bonds. The van der Waals surface area contributed by atoms with Crippen molar-refractivity contribution in [2.75, 3.05) is 18.4 Å². The van der Waals surface area contributed by atoms with Crippen LogP contribution in [0.3, 0.4) is 0 Å². The number of rotatable bonds is 4. The van der Waals surface area contributed by atoms with Gasteiger partial charge in [0.25, 0.3) is 5.91 Å². The number of carbonyl (C=O) groups excluding carboxylic acids is 1. The summed E-state index contributed by atoms with van der Waals surface area (Å²) in [5.74, 6) is -1.13. The van der Waals surface area contributed by atoms with Crippen molar-refractivity contribution in [3.05, 3.63) is 63.9 Å². The molecule has 0 spiro atoms. The number of anilines is 1. The molecule has 2 N–H and O–H groups in total. The van der Waals surface area contributed by atoms with E-state index in [1.165, 1.54) is 22.5 Å². The Bertz CT molecular complexity index is 1110. The molecule has 0 saturated carbocycles. The van der Waals surface area contributed by atoms with Crippen LogP contribution in [0.2, 0.25) is 5.02 Å². The minimum absolute atomic E-state index is 0.00383. The van der Waals surface area contributed by atoms with Crippen molar-refractivity contribution in [1.29, 1.82) is 0 Å². The predicted octanol–water partition coefficient (Wildman–Crippen LogP) is 2.67. The quantitative estimate of drug-likeness (QED) is 0.793. The zero-order valence-corrected chi connectivity index (χ0v) is 16.1. The second-order valence-electron chi connectivity index (χ2n) is 6.71. The van der Waals surface area contributed by atoms with E-state index >= 15 is 0 Å². The Balaban J connectivity index is 1.70. The van der Waals surface area contributed by atoms with Crippen LogP contribution in [0.5, 0.6) is 0 Å². The van der Waals surface area contributed by atoms with E-state index in [1.54, 1.807) is 12.1 Å². The number of sulfonamides is 1. The molecule has 1 fully saturated rings. The lowest BCUT2D eigenvalue weighted by Gasteiger charge is -2.34. The minimum atomic E-state index is -3.80. The van der Waals surface area contributed by atoms with E-state index in [9.17, 15) is 22.7 Å². The molecule has 2 aromatic rings. The fourth-order valence-corrected chi connectivity index (χ4v) is 5.00. The minimum Gasteiger partial charge on any atom is -0.390 e. The van der Waals surface area contributed by atoms with Crippen LogP contribution in [0.15, 0.2) is 41.3 Å². The summed E-state index contributed by atoms with van der Waals surface area (Å²) in [6, 6.07) is 6.68. The highest BCUT2D eigenvalue weighted by Crippen LogP contribution is 2.31. The van der Waals surface area contributed by atoms with Gasteiger partial charge < -0.3 is 10.4 Å². The van der Waals surface area contributed by atoms with Crippen molar-refractivity contribution in [1.82, 2.24) is 4.31 Å². The summed E-state index contributed by atoms with van der Waals surface area (Å²) in [5, 5.41) is 11.9. The molecule has 1 heterocycles. The smallest absolute Gasteiger partial charge is 0.256 e. The summed E-state index contributed by atoms with van der Waals surface area (Å²) < 4.78 is 40.0. The first kappa shape index (κ1) is 19.1. The number of amides is 1. The van der Waals surface area contributed by atoms with Gasteiger partial charge in [-0.15, -0.1) is 0 Å². The Morgan fingerprint density at radius 1 is 1.25 bits per heavy atom. The van der Waals surface area contributed by atoms with E-state index in [2.05, 4.69) is 5.32 Å². The number of allylic oxidation sites excluding steroid dienone is 1. The molecule has 4 rings (SSSR count). The summed E-state index contributed by atoms with van der Waals surface area (Å²) in [4.78, 5) is 12.8. The number of aliphatic hydroxyl groups excluding tert-OH is 1. The number of nitrogens with one attached hydrogen (secondary N) is 1. The van der Waals surface area contributed by atoms with Gasteiger partial charge in [-0.1, -0.05) is 23.8 Å². The van der Waals surface area contributed by atoms with Crippen LogP contribution in [-0.2, 0) is 16.4 Å². The lowest BCUT2D eigenvalue weighted by atomic mass is 10.0. The third-order valence-corrected chi connectivity index (χ3v) is 6.85. The number of halogens is 2. The summed E-state index contributed by atoms with van der Waals surface area (Å²) >= 11 is 5.75. The number of nitrogens with zero attached hydrogens (tertiary/aromatic N) is 1. The lowest BCUT2D eigenvalue weighted by molar-refractivity contribution is 0.0548. The van der Waals surface area contributed by atoms with Gasteiger partial charge in [0.2, 0.25) is 10.0 Å². The van der Waals surface area contributed by atoms with Crippen LogP contribution in [0.1, 0.15) is 21.5 Å². The molecule has 0 unspecified atom stereocenters. The largest absolute Gasteiger partial charge is 0.390 e. The van der Waals surface area contributed by atoms with E-state index in [0.29, 0.717) is 17.7 Å². The Morgan fingerprint density at radius 2 is 2.00 bits per heavy atom. The normalized spacial score (nSPS) is 16.7. The van der Waals surface area contributed by atoms with Crippen molar-refractivity contribution in [2.45, 2.75) is 17.4 Å². The van der Waals surface area contributed by atoms with Crippen LogP contribution in [0.25, 0.3) is 6.08 Å². The number of carbonyl (C=O) groups is 1. The second kappa shape index (κ2) is 6.97. The SMILES string of the molecule is O=C(Nc1ccc(F)c(Cl)c1)c1cc(S(=O)(=O)N2CC(O)C2)cc2c1C=CC2. The number of hydrogen-bond donors (Lipinski definition) is 2. The second-order valence-corrected chi connectivity index (χ2v) is 9.05. The summed E-state index contributed by atoms with van der Waals surface area (Å²) in [6.07, 6.45) is 3.46. The standard InChI is InChI=1S/C19H16ClFN2O4S/c20-17-7-12(4-5-18(17)21)22-19(25)16-8-14(6-11-2-1-3-15(11)16)28(26,27)23-9-13(24)10-23/h1,3-8,13,24H,2,9-10H2,(H,22,25). The average molecular weight is 423 g/mol. The van der Waals surface area contributed by atoms with Crippen molar-refractivity contribution < 1.29 is 22.7 Å². The van der Waals surface area contributed by atoms with Crippen LogP contribution >= 0.6 is 11.6 Å². The van der Waals surface area contributed by atoms with Crippen molar-refractivity contribution >= 4 is 39.3 Å². The Morgan fingerprint density at radius 3 is 2.68 bits per heavy atom. The maximum absolute atomic E-state index is 13.3. The molecule has 0 aromatic heterocycles. The molecule has 1 saturated heterocycles. The van der Waals surface area contributed by atoms with Crippen LogP contribution in [0, 0.1) is 5.82 Å². The van der Waals surface area contributed by atoms with E-state index in [0.717, 1.165) is 11.6 Å². The zero-order valence-electron chi connectivity index (χ0n) is 14.5. The topological polar surface area (TPSA) is 86.7 Å². The monoisotopic (exact) mass is 422 g/mol. The van der Waals surface area contributed by atoms with Gasteiger partial charge in [0, 0.05) is 24.3 Å². The molecule has 0 bridgehead atoms. The van der Waals surface area contributed by atoms with Gasteiger partial charge in [0.05, 0.1) is 16.0 Å². The van der Waals surface area contributed by atoms with Gasteiger partial charge in [0.15, 0.2) is 0 Å². The molecule has 1 aliphatic carbocycles. The highest BCUT2D eigenvalue weighted by Gasteiger charge is 2.36. The van der Waals surface area contributed by atoms with Gasteiger partial charge in [-0.2, -0.15) is 4.31 Å². The van der Waals surface area contributed by atoms with Gasteiger partial charge in [-0.25, -0.2) is 12.8 Å². The van der Waals surface area contributed by atoms with Crippen molar-refractivity contribution in [3.63, 3.8) is 0 Å². The molecule has 2 aliphatic rings. The van der Waals surface area contributed by atoms with Gasteiger partial charge in [-0.05, 0) is 47.9 Å². The zero-order chi connectivity index (χ0) is 20.1. The molecule has 0 atom stereocenters. The number of fused-ring (bicyclic) bond motifs is 1. The predicted molar refractivity (Wildman–Crippen MR) is 103 cm³/mol. The fourth-order valence-electron chi connectivity index (χ4n) is 3.22. The third kappa shape index (κ3) is 3.33. The molecular weight excluding hydrogens is 407 g/mol. The molecule has 28 heavy (non-hydrogen) atoms. The maximum Gasteiger partial charge on any atom is 0.256 e.